The molecule has 1 atom stereocenters. The molecule has 0 amide bonds. The van der Waals surface area contributed by atoms with E-state index in [1.54, 1.807) is 7.11 Å². The van der Waals surface area contributed by atoms with Crippen LogP contribution < -0.4 is 10.5 Å². The molecular weight excluding hydrogens is 254 g/mol. The van der Waals surface area contributed by atoms with Crippen molar-refractivity contribution in [1.29, 1.82) is 0 Å². The Labute approximate surface area is 98.9 Å². The third-order valence-corrected chi connectivity index (χ3v) is 3.94. The molecule has 0 heterocycles. The highest BCUT2D eigenvalue weighted by atomic mass is 79.9. The van der Waals surface area contributed by atoms with E-state index in [0.29, 0.717) is 5.92 Å². The Morgan fingerprint density at radius 3 is 2.73 bits per heavy atom. The van der Waals surface area contributed by atoms with E-state index in [4.69, 9.17) is 10.5 Å². The third-order valence-electron chi connectivity index (χ3n) is 3.22. The van der Waals surface area contributed by atoms with Gasteiger partial charge in [0.25, 0.3) is 0 Å². The van der Waals surface area contributed by atoms with Crippen LogP contribution in [-0.2, 0) is 0 Å². The maximum atomic E-state index is 6.24. The zero-order valence-corrected chi connectivity index (χ0v) is 10.5. The van der Waals surface area contributed by atoms with E-state index in [2.05, 4.69) is 15.9 Å². The highest BCUT2D eigenvalue weighted by Gasteiger charge is 2.26. The Kier molecular flexibility index (Phi) is 3.32. The molecule has 0 bridgehead atoms. The molecule has 1 aliphatic rings. The van der Waals surface area contributed by atoms with Crippen molar-refractivity contribution in [3.8, 4) is 5.75 Å². The van der Waals surface area contributed by atoms with Crippen LogP contribution >= 0.6 is 15.9 Å². The van der Waals surface area contributed by atoms with Crippen molar-refractivity contribution >= 4 is 15.9 Å². The summed E-state index contributed by atoms with van der Waals surface area (Å²) in [5, 5.41) is 0. The van der Waals surface area contributed by atoms with E-state index in [9.17, 15) is 0 Å². The molecule has 0 saturated heterocycles. The van der Waals surface area contributed by atoms with Gasteiger partial charge in [-0.25, -0.2) is 0 Å². The summed E-state index contributed by atoms with van der Waals surface area (Å²) in [5.74, 6) is 1.52. The third kappa shape index (κ3) is 2.18. The average molecular weight is 270 g/mol. The second-order valence-electron chi connectivity index (χ2n) is 4.10. The fraction of sp³-hybridized carbons (Fsp3) is 0.500. The van der Waals surface area contributed by atoms with E-state index in [-0.39, 0.29) is 6.04 Å². The van der Waals surface area contributed by atoms with Crippen LogP contribution in [0.25, 0.3) is 0 Å². The molecule has 2 nitrogen and oxygen atoms in total. The fourth-order valence-corrected chi connectivity index (χ4v) is 2.47. The lowest BCUT2D eigenvalue weighted by atomic mass is 9.77. The van der Waals surface area contributed by atoms with Crippen molar-refractivity contribution in [3.63, 3.8) is 0 Å². The summed E-state index contributed by atoms with van der Waals surface area (Å²) in [6, 6.07) is 6.13. The lowest BCUT2D eigenvalue weighted by Crippen LogP contribution is -2.27. The van der Waals surface area contributed by atoms with Crippen LogP contribution in [0.15, 0.2) is 22.7 Å². The van der Waals surface area contributed by atoms with Crippen LogP contribution in [0.3, 0.4) is 0 Å². The van der Waals surface area contributed by atoms with Gasteiger partial charge in [0.05, 0.1) is 7.11 Å². The zero-order chi connectivity index (χ0) is 10.8. The van der Waals surface area contributed by atoms with Crippen LogP contribution in [-0.4, -0.2) is 7.11 Å². The van der Waals surface area contributed by atoms with Gasteiger partial charge >= 0.3 is 0 Å². The van der Waals surface area contributed by atoms with Gasteiger partial charge in [-0.05, 0) is 42.5 Å². The highest BCUT2D eigenvalue weighted by Crippen LogP contribution is 2.39. The maximum absolute atomic E-state index is 6.24. The minimum absolute atomic E-state index is 0.142. The molecular formula is C12H16BrNO. The Morgan fingerprint density at radius 2 is 2.20 bits per heavy atom. The molecule has 15 heavy (non-hydrogen) atoms. The summed E-state index contributed by atoms with van der Waals surface area (Å²) in [5.41, 5.74) is 7.40. The second-order valence-corrected chi connectivity index (χ2v) is 4.96. The van der Waals surface area contributed by atoms with Crippen LogP contribution in [0.4, 0.5) is 0 Å². The monoisotopic (exact) mass is 269 g/mol. The maximum Gasteiger partial charge on any atom is 0.119 e. The first-order valence-electron chi connectivity index (χ1n) is 5.31. The van der Waals surface area contributed by atoms with Crippen LogP contribution in [0.5, 0.6) is 5.75 Å². The van der Waals surface area contributed by atoms with Crippen LogP contribution in [0, 0.1) is 5.92 Å². The minimum atomic E-state index is 0.142. The van der Waals surface area contributed by atoms with Crippen LogP contribution in [0.2, 0.25) is 0 Å². The smallest absolute Gasteiger partial charge is 0.119 e. The van der Waals surface area contributed by atoms with Crippen molar-refractivity contribution in [2.24, 2.45) is 11.7 Å². The first-order chi connectivity index (χ1) is 7.22. The van der Waals surface area contributed by atoms with Crippen molar-refractivity contribution in [2.45, 2.75) is 25.3 Å². The number of hydrogen-bond donors (Lipinski definition) is 1. The van der Waals surface area contributed by atoms with E-state index in [1.165, 1.54) is 24.8 Å². The standard InChI is InChI=1S/C12H16BrNO/c1-15-9-5-6-11(13)10(7-9)12(14)8-3-2-4-8/h5-8,12H,2-4,14H2,1H3. The number of nitrogens with two attached hydrogens (primary N) is 1. The number of hydrogen-bond acceptors (Lipinski definition) is 2. The quantitative estimate of drug-likeness (QED) is 0.915. The fourth-order valence-electron chi connectivity index (χ4n) is 1.96. The molecule has 2 rings (SSSR count). The van der Waals surface area contributed by atoms with E-state index >= 15 is 0 Å². The minimum Gasteiger partial charge on any atom is -0.497 e. The summed E-state index contributed by atoms with van der Waals surface area (Å²) in [7, 11) is 1.68. The van der Waals surface area contributed by atoms with Gasteiger partial charge in [-0.3, -0.25) is 0 Å². The average Bonchev–Trinajstić information content (AvgIpc) is 2.15. The molecule has 0 radical (unpaired) electrons. The summed E-state index contributed by atoms with van der Waals surface area (Å²) < 4.78 is 6.30. The van der Waals surface area contributed by atoms with Gasteiger partial charge in [-0.15, -0.1) is 0 Å². The summed E-state index contributed by atoms with van der Waals surface area (Å²) >= 11 is 3.55. The molecule has 1 aromatic carbocycles. The van der Waals surface area contributed by atoms with Gasteiger partial charge in [-0.1, -0.05) is 22.4 Å². The molecule has 82 valence electrons. The highest BCUT2D eigenvalue weighted by molar-refractivity contribution is 9.10. The molecule has 0 aromatic heterocycles. The molecule has 1 unspecified atom stereocenters. The normalized spacial score (nSPS) is 18.3. The number of ether oxygens (including phenoxy) is 1. The van der Waals surface area contributed by atoms with Gasteiger partial charge in [0, 0.05) is 10.5 Å². The number of rotatable bonds is 3. The van der Waals surface area contributed by atoms with Crippen LogP contribution in [0.1, 0.15) is 30.9 Å². The number of benzene rings is 1. The molecule has 0 spiro atoms. The Balaban J connectivity index is 2.24. The lowest BCUT2D eigenvalue weighted by molar-refractivity contribution is 0.263. The topological polar surface area (TPSA) is 35.2 Å². The SMILES string of the molecule is COc1ccc(Br)c(C(N)C2CCC2)c1. The largest absolute Gasteiger partial charge is 0.497 e. The van der Waals surface area contributed by atoms with Crippen molar-refractivity contribution in [2.75, 3.05) is 7.11 Å². The first kappa shape index (κ1) is 11.0. The summed E-state index contributed by atoms with van der Waals surface area (Å²) in [4.78, 5) is 0. The van der Waals surface area contributed by atoms with Gasteiger partial charge < -0.3 is 10.5 Å². The molecule has 1 saturated carbocycles. The van der Waals surface area contributed by atoms with Crippen molar-refractivity contribution < 1.29 is 4.74 Å². The first-order valence-corrected chi connectivity index (χ1v) is 6.10. The molecule has 3 heteroatoms. The van der Waals surface area contributed by atoms with E-state index < -0.39 is 0 Å². The molecule has 1 fully saturated rings. The van der Waals surface area contributed by atoms with Gasteiger partial charge in [0.15, 0.2) is 0 Å². The van der Waals surface area contributed by atoms with Crippen molar-refractivity contribution in [3.05, 3.63) is 28.2 Å². The van der Waals surface area contributed by atoms with Crippen molar-refractivity contribution in [1.82, 2.24) is 0 Å². The van der Waals surface area contributed by atoms with Gasteiger partial charge in [-0.2, -0.15) is 0 Å². The Hall–Kier alpha value is -0.540. The van der Waals surface area contributed by atoms with Gasteiger partial charge in [0.1, 0.15) is 5.75 Å². The number of methoxy groups -OCH3 is 1. The molecule has 1 aromatic rings. The summed E-state index contributed by atoms with van der Waals surface area (Å²) in [6.07, 6.45) is 3.83. The second kappa shape index (κ2) is 4.54. The van der Waals surface area contributed by atoms with E-state index in [0.717, 1.165) is 10.2 Å². The van der Waals surface area contributed by atoms with Gasteiger partial charge in [0.2, 0.25) is 0 Å². The predicted molar refractivity (Wildman–Crippen MR) is 65.0 cm³/mol. The predicted octanol–water partition coefficient (Wildman–Crippen LogP) is 3.26. The number of halogens is 1. The Bertz CT molecular complexity index is 349. The Morgan fingerprint density at radius 1 is 1.47 bits per heavy atom. The zero-order valence-electron chi connectivity index (χ0n) is 8.87. The summed E-state index contributed by atoms with van der Waals surface area (Å²) in [6.45, 7) is 0. The molecule has 1 aliphatic carbocycles. The lowest BCUT2D eigenvalue weighted by Gasteiger charge is -2.32. The molecule has 0 aliphatic heterocycles. The van der Waals surface area contributed by atoms with E-state index in [1.807, 2.05) is 18.2 Å². The molecule has 2 N–H and O–H groups in total.